The number of nitrogens with one attached hydrogen (secondary N) is 1. The molecule has 1 aromatic heterocycles. The molecule has 0 aliphatic heterocycles. The zero-order valence-electron chi connectivity index (χ0n) is 14.3. The second-order valence-corrected chi connectivity index (χ2v) is 6.48. The second kappa shape index (κ2) is 6.10. The Hall–Kier alpha value is -3.07. The Bertz CT molecular complexity index is 1120. The van der Waals surface area contributed by atoms with Crippen LogP contribution in [-0.2, 0) is 6.54 Å². The van der Waals surface area contributed by atoms with Crippen LogP contribution in [0.5, 0.6) is 0 Å². The third kappa shape index (κ3) is 3.01. The van der Waals surface area contributed by atoms with Crippen LogP contribution in [0.15, 0.2) is 69.9 Å². The Morgan fingerprint density at radius 3 is 2.48 bits per heavy atom. The summed E-state index contributed by atoms with van der Waals surface area (Å²) in [6.45, 7) is 4.73. The highest BCUT2D eigenvalue weighted by Gasteiger charge is 2.09. The van der Waals surface area contributed by atoms with Crippen molar-refractivity contribution in [2.24, 2.45) is 0 Å². The molecular weight excluding hydrogens is 310 g/mol. The van der Waals surface area contributed by atoms with Crippen molar-refractivity contribution in [1.82, 2.24) is 0 Å². The summed E-state index contributed by atoms with van der Waals surface area (Å²) in [5.41, 5.74) is 4.74. The Kier molecular flexibility index (Phi) is 3.77. The molecule has 0 amide bonds. The maximum Gasteiger partial charge on any atom is 0.336 e. The molecule has 1 heterocycles. The third-order valence-electron chi connectivity index (χ3n) is 4.42. The lowest BCUT2D eigenvalue weighted by Crippen LogP contribution is -2.06. The van der Waals surface area contributed by atoms with Gasteiger partial charge in [-0.2, -0.15) is 0 Å². The average molecular weight is 329 g/mol. The van der Waals surface area contributed by atoms with Crippen molar-refractivity contribution in [3.8, 4) is 0 Å². The van der Waals surface area contributed by atoms with Gasteiger partial charge in [-0.3, -0.25) is 0 Å². The molecule has 3 aromatic carbocycles. The summed E-state index contributed by atoms with van der Waals surface area (Å²) in [7, 11) is 0. The summed E-state index contributed by atoms with van der Waals surface area (Å²) >= 11 is 0. The van der Waals surface area contributed by atoms with Crippen molar-refractivity contribution < 1.29 is 4.42 Å². The minimum absolute atomic E-state index is 0.319. The molecule has 124 valence electrons. The van der Waals surface area contributed by atoms with Crippen molar-refractivity contribution in [2.45, 2.75) is 20.4 Å². The van der Waals surface area contributed by atoms with Crippen LogP contribution < -0.4 is 10.9 Å². The highest BCUT2D eigenvalue weighted by atomic mass is 16.4. The molecule has 0 saturated carbocycles. The first-order valence-corrected chi connectivity index (χ1v) is 8.37. The lowest BCUT2D eigenvalue weighted by molar-refractivity contribution is 0.559. The summed E-state index contributed by atoms with van der Waals surface area (Å²) in [6.07, 6.45) is 0. The van der Waals surface area contributed by atoms with Gasteiger partial charge < -0.3 is 9.73 Å². The fraction of sp³-hybridized carbons (Fsp3) is 0.136. The van der Waals surface area contributed by atoms with E-state index in [1.807, 2.05) is 24.3 Å². The molecule has 3 nitrogen and oxygen atoms in total. The van der Waals surface area contributed by atoms with Gasteiger partial charge in [-0.05, 0) is 59.5 Å². The van der Waals surface area contributed by atoms with E-state index in [4.69, 9.17) is 4.42 Å². The Balaban J connectivity index is 1.83. The van der Waals surface area contributed by atoms with E-state index >= 15 is 0 Å². The van der Waals surface area contributed by atoms with Crippen LogP contribution in [0.25, 0.3) is 21.7 Å². The average Bonchev–Trinajstić information content (AvgIpc) is 2.58. The molecular formula is C22H19NO2. The van der Waals surface area contributed by atoms with Gasteiger partial charge in [0, 0.05) is 23.7 Å². The first-order chi connectivity index (χ1) is 12.1. The molecule has 4 aromatic rings. The molecule has 0 radical (unpaired) electrons. The molecule has 0 unspecified atom stereocenters. The molecule has 0 aliphatic carbocycles. The van der Waals surface area contributed by atoms with Crippen LogP contribution in [0, 0.1) is 13.8 Å². The predicted molar refractivity (Wildman–Crippen MR) is 103 cm³/mol. The molecule has 0 bridgehead atoms. The Labute approximate surface area is 145 Å². The van der Waals surface area contributed by atoms with E-state index < -0.39 is 0 Å². The van der Waals surface area contributed by atoms with Crippen LogP contribution >= 0.6 is 0 Å². The molecule has 25 heavy (non-hydrogen) atoms. The maximum atomic E-state index is 12.0. The van der Waals surface area contributed by atoms with Gasteiger partial charge >= 0.3 is 5.63 Å². The molecule has 0 fully saturated rings. The first-order valence-electron chi connectivity index (χ1n) is 8.37. The largest absolute Gasteiger partial charge is 0.423 e. The summed E-state index contributed by atoms with van der Waals surface area (Å²) in [5.74, 6) is 0. The zero-order valence-corrected chi connectivity index (χ0v) is 14.3. The molecule has 0 spiro atoms. The van der Waals surface area contributed by atoms with Crippen LogP contribution in [-0.4, -0.2) is 0 Å². The van der Waals surface area contributed by atoms with Crippen LogP contribution in [0.1, 0.15) is 16.7 Å². The van der Waals surface area contributed by atoms with Gasteiger partial charge in [0.15, 0.2) is 0 Å². The lowest BCUT2D eigenvalue weighted by atomic mass is 10.0. The van der Waals surface area contributed by atoms with Gasteiger partial charge in [-0.15, -0.1) is 0 Å². The minimum Gasteiger partial charge on any atom is -0.423 e. The fourth-order valence-electron chi connectivity index (χ4n) is 3.43. The molecule has 4 rings (SSSR count). The molecule has 1 N–H and O–H groups in total. The van der Waals surface area contributed by atoms with Gasteiger partial charge in [0.05, 0.1) is 0 Å². The quantitative estimate of drug-likeness (QED) is 0.416. The van der Waals surface area contributed by atoms with E-state index in [-0.39, 0.29) is 5.63 Å². The van der Waals surface area contributed by atoms with E-state index in [0.29, 0.717) is 12.1 Å². The smallest absolute Gasteiger partial charge is 0.336 e. The van der Waals surface area contributed by atoms with Crippen LogP contribution in [0.4, 0.5) is 5.69 Å². The number of fused-ring (bicyclic) bond motifs is 3. The topological polar surface area (TPSA) is 42.2 Å². The van der Waals surface area contributed by atoms with E-state index in [2.05, 4.69) is 49.5 Å². The molecule has 0 saturated heterocycles. The van der Waals surface area contributed by atoms with Gasteiger partial charge in [0.25, 0.3) is 0 Å². The third-order valence-corrected chi connectivity index (χ3v) is 4.42. The summed E-state index contributed by atoms with van der Waals surface area (Å²) in [4.78, 5) is 12.0. The van der Waals surface area contributed by atoms with Gasteiger partial charge in [-0.1, -0.05) is 36.4 Å². The van der Waals surface area contributed by atoms with Crippen molar-refractivity contribution in [3.63, 3.8) is 0 Å². The van der Waals surface area contributed by atoms with Gasteiger partial charge in [0.2, 0.25) is 0 Å². The minimum atomic E-state index is -0.319. The van der Waals surface area contributed by atoms with E-state index in [1.165, 1.54) is 11.1 Å². The highest BCUT2D eigenvalue weighted by molar-refractivity contribution is 6.07. The van der Waals surface area contributed by atoms with Crippen molar-refractivity contribution in [3.05, 3.63) is 87.8 Å². The summed E-state index contributed by atoms with van der Waals surface area (Å²) in [5, 5.41) is 6.67. The Morgan fingerprint density at radius 1 is 0.920 bits per heavy atom. The van der Waals surface area contributed by atoms with E-state index in [0.717, 1.165) is 27.4 Å². The summed E-state index contributed by atoms with van der Waals surface area (Å²) < 4.78 is 5.42. The fourth-order valence-corrected chi connectivity index (χ4v) is 3.43. The van der Waals surface area contributed by atoms with Crippen molar-refractivity contribution in [1.29, 1.82) is 0 Å². The number of aryl methyl sites for hydroxylation is 2. The molecule has 3 heteroatoms. The second-order valence-electron chi connectivity index (χ2n) is 6.48. The van der Waals surface area contributed by atoms with Crippen LogP contribution in [0.3, 0.4) is 0 Å². The Morgan fingerprint density at radius 2 is 1.68 bits per heavy atom. The van der Waals surface area contributed by atoms with Gasteiger partial charge in [0.1, 0.15) is 5.58 Å². The first kappa shape index (κ1) is 15.5. The zero-order chi connectivity index (χ0) is 17.4. The maximum absolute atomic E-state index is 12.0. The number of benzene rings is 3. The van der Waals surface area contributed by atoms with E-state index in [9.17, 15) is 4.79 Å². The predicted octanol–water partition coefficient (Wildman–Crippen LogP) is 5.18. The van der Waals surface area contributed by atoms with Crippen LogP contribution in [0.2, 0.25) is 0 Å². The van der Waals surface area contributed by atoms with Crippen molar-refractivity contribution >= 4 is 27.4 Å². The number of hydrogen-bond acceptors (Lipinski definition) is 3. The normalized spacial score (nSPS) is 11.1. The summed E-state index contributed by atoms with van der Waals surface area (Å²) in [6, 6.07) is 20.0. The molecule has 0 atom stereocenters. The monoisotopic (exact) mass is 329 g/mol. The highest BCUT2D eigenvalue weighted by Crippen LogP contribution is 2.28. The SMILES string of the molecule is Cc1cc(C)cc(NCc2cc(=O)oc3ccc4ccccc4c23)c1. The standard InChI is InChI=1S/C22H19NO2/c1-14-9-15(2)11-18(10-14)23-13-17-12-21(24)25-20-8-7-16-5-3-4-6-19(16)22(17)20/h3-12,23H,13H2,1-2H3. The van der Waals surface area contributed by atoms with E-state index in [1.54, 1.807) is 6.07 Å². The number of rotatable bonds is 3. The lowest BCUT2D eigenvalue weighted by Gasteiger charge is -2.12. The van der Waals surface area contributed by atoms with Crippen molar-refractivity contribution in [2.75, 3.05) is 5.32 Å². The van der Waals surface area contributed by atoms with Gasteiger partial charge in [-0.25, -0.2) is 4.79 Å². The molecule has 0 aliphatic rings. The number of hydrogen-bond donors (Lipinski definition) is 1. The number of anilines is 1.